The van der Waals surface area contributed by atoms with Crippen molar-refractivity contribution in [3.8, 4) is 0 Å². The second-order valence-electron chi connectivity index (χ2n) is 10.1. The third-order valence-electron chi connectivity index (χ3n) is 7.33. The maximum Gasteiger partial charge on any atom is 0.237 e. The minimum atomic E-state index is -0.368. The number of carbonyl (C=O) groups excluding carboxylic acids is 2. The lowest BCUT2D eigenvalue weighted by Gasteiger charge is -2.20. The molecule has 0 saturated heterocycles. The number of benzene rings is 4. The Hall–Kier alpha value is -4.00. The van der Waals surface area contributed by atoms with Crippen LogP contribution in [0.2, 0.25) is 0 Å². The van der Waals surface area contributed by atoms with Crippen LogP contribution in [0.3, 0.4) is 0 Å². The Morgan fingerprint density at radius 3 is 1.38 bits per heavy atom. The van der Waals surface area contributed by atoms with E-state index in [-0.39, 0.29) is 23.9 Å². The molecule has 5 rings (SSSR count). The van der Waals surface area contributed by atoms with Crippen LogP contribution in [0.4, 0.5) is 0 Å². The van der Waals surface area contributed by atoms with Gasteiger partial charge in [-0.3, -0.25) is 9.59 Å². The average Bonchev–Trinajstić information content (AvgIpc) is 2.98. The molecule has 0 spiro atoms. The van der Waals surface area contributed by atoms with Crippen LogP contribution < -0.4 is 21.3 Å². The number of rotatable bonds is 4. The van der Waals surface area contributed by atoms with Gasteiger partial charge < -0.3 is 21.3 Å². The van der Waals surface area contributed by atoms with Gasteiger partial charge in [-0.25, -0.2) is 0 Å². The zero-order valence-corrected chi connectivity index (χ0v) is 22.2. The summed E-state index contributed by atoms with van der Waals surface area (Å²) in [6.07, 6.45) is 1.87. The number of nitrogens with one attached hydrogen (secondary N) is 4. The minimum absolute atomic E-state index is 0.0287. The van der Waals surface area contributed by atoms with E-state index in [2.05, 4.69) is 69.8 Å². The van der Waals surface area contributed by atoms with Crippen LogP contribution in [0.15, 0.2) is 97.1 Å². The lowest BCUT2D eigenvalue weighted by Crippen LogP contribution is -2.47. The molecule has 6 nitrogen and oxygen atoms in total. The van der Waals surface area contributed by atoms with E-state index in [1.807, 2.05) is 48.5 Å². The van der Waals surface area contributed by atoms with Crippen molar-refractivity contribution in [1.29, 1.82) is 0 Å². The van der Waals surface area contributed by atoms with Gasteiger partial charge in [0.2, 0.25) is 11.8 Å². The van der Waals surface area contributed by atoms with Crippen LogP contribution >= 0.6 is 0 Å². The molecule has 1 heterocycles. The third kappa shape index (κ3) is 7.11. The van der Waals surface area contributed by atoms with E-state index in [4.69, 9.17) is 0 Å². The molecule has 0 radical (unpaired) electrons. The van der Waals surface area contributed by atoms with Crippen LogP contribution in [-0.4, -0.2) is 37.0 Å². The number of fused-ring (bicyclic) bond motifs is 6. The summed E-state index contributed by atoms with van der Waals surface area (Å²) in [6.45, 7) is 2.16. The van der Waals surface area contributed by atoms with E-state index in [1.165, 1.54) is 0 Å². The quantitative estimate of drug-likeness (QED) is 0.329. The Morgan fingerprint density at radius 1 is 0.538 bits per heavy atom. The van der Waals surface area contributed by atoms with Crippen molar-refractivity contribution in [1.82, 2.24) is 21.3 Å². The molecule has 0 fully saturated rings. The molecule has 4 aromatic rings. The highest BCUT2D eigenvalue weighted by Crippen LogP contribution is 2.23. The Bertz CT molecular complexity index is 1290. The summed E-state index contributed by atoms with van der Waals surface area (Å²) in [5.41, 5.74) is 4.50. The smallest absolute Gasteiger partial charge is 0.237 e. The Kier molecular flexibility index (Phi) is 8.99. The van der Waals surface area contributed by atoms with Gasteiger partial charge in [-0.1, -0.05) is 97.1 Å². The molecule has 4 N–H and O–H groups in total. The zero-order valence-electron chi connectivity index (χ0n) is 22.2. The van der Waals surface area contributed by atoms with Gasteiger partial charge in [0, 0.05) is 26.2 Å². The number of carbonyl (C=O) groups is 2. The Balaban J connectivity index is 1.41. The largest absolute Gasteiger partial charge is 0.355 e. The van der Waals surface area contributed by atoms with Crippen molar-refractivity contribution in [2.75, 3.05) is 13.1 Å². The van der Waals surface area contributed by atoms with Crippen LogP contribution in [0.5, 0.6) is 0 Å². The fraction of sp³-hybridized carbons (Fsp3) is 0.273. The van der Waals surface area contributed by atoms with E-state index < -0.39 is 0 Å². The van der Waals surface area contributed by atoms with Crippen molar-refractivity contribution < 1.29 is 9.59 Å². The highest BCUT2D eigenvalue weighted by atomic mass is 16.2. The summed E-state index contributed by atoms with van der Waals surface area (Å²) < 4.78 is 0. The number of hydrogen-bond donors (Lipinski definition) is 4. The second-order valence-corrected chi connectivity index (χ2v) is 10.1. The molecule has 6 heteroatoms. The van der Waals surface area contributed by atoms with Crippen LogP contribution in [0, 0.1) is 0 Å². The first-order chi connectivity index (χ1) is 19.2. The van der Waals surface area contributed by atoms with E-state index in [0.717, 1.165) is 33.0 Å². The molecule has 4 aromatic carbocycles. The zero-order chi connectivity index (χ0) is 26.9. The predicted molar refractivity (Wildman–Crippen MR) is 156 cm³/mol. The molecule has 0 saturated carbocycles. The van der Waals surface area contributed by atoms with Crippen molar-refractivity contribution in [2.24, 2.45) is 0 Å². The lowest BCUT2D eigenvalue weighted by atomic mass is 9.98. The summed E-state index contributed by atoms with van der Waals surface area (Å²) in [5.74, 6) is -0.0573. The molecule has 1 aliphatic rings. The molecule has 2 bridgehead atoms. The fourth-order valence-corrected chi connectivity index (χ4v) is 5.17. The monoisotopic (exact) mass is 520 g/mol. The van der Waals surface area contributed by atoms with Gasteiger partial charge in [-0.05, 0) is 52.3 Å². The Morgan fingerprint density at radius 2 is 0.949 bits per heavy atom. The van der Waals surface area contributed by atoms with Gasteiger partial charge in [0.25, 0.3) is 0 Å². The molecule has 1 aliphatic heterocycles. The van der Waals surface area contributed by atoms with Gasteiger partial charge in [0.05, 0.1) is 12.1 Å². The molecule has 0 unspecified atom stereocenters. The predicted octanol–water partition coefficient (Wildman–Crippen LogP) is 3.88. The van der Waals surface area contributed by atoms with Crippen molar-refractivity contribution in [3.63, 3.8) is 0 Å². The molecule has 2 amide bonds. The Labute approximate surface area is 230 Å². The molecule has 200 valence electrons. The molecular formula is C33H36N4O2. The maximum atomic E-state index is 13.2. The summed E-state index contributed by atoms with van der Waals surface area (Å²) in [6, 6.07) is 32.1. The average molecular weight is 521 g/mol. The summed E-state index contributed by atoms with van der Waals surface area (Å²) in [7, 11) is 0. The number of hydrogen-bond acceptors (Lipinski definition) is 4. The molecule has 0 aliphatic carbocycles. The highest BCUT2D eigenvalue weighted by molar-refractivity contribution is 5.89. The first-order valence-electron chi connectivity index (χ1n) is 13.8. The summed E-state index contributed by atoms with van der Waals surface area (Å²) in [5, 5.41) is 15.5. The summed E-state index contributed by atoms with van der Waals surface area (Å²) >= 11 is 0. The lowest BCUT2D eigenvalue weighted by molar-refractivity contribution is -0.123. The van der Waals surface area contributed by atoms with Gasteiger partial charge >= 0.3 is 0 Å². The first kappa shape index (κ1) is 26.6. The van der Waals surface area contributed by atoms with Crippen molar-refractivity contribution in [2.45, 2.75) is 44.4 Å². The molecular weight excluding hydrogens is 484 g/mol. The fourth-order valence-electron chi connectivity index (χ4n) is 5.17. The number of amides is 2. The topological polar surface area (TPSA) is 82.3 Å². The van der Waals surface area contributed by atoms with Crippen molar-refractivity contribution >= 4 is 22.6 Å². The van der Waals surface area contributed by atoms with Crippen LogP contribution in [0.1, 0.15) is 28.7 Å². The maximum absolute atomic E-state index is 13.2. The highest BCUT2D eigenvalue weighted by Gasteiger charge is 2.21. The van der Waals surface area contributed by atoms with E-state index in [0.29, 0.717) is 45.4 Å². The van der Waals surface area contributed by atoms with Crippen LogP contribution in [0.25, 0.3) is 10.8 Å². The summed E-state index contributed by atoms with van der Waals surface area (Å²) in [4.78, 5) is 26.5. The second kappa shape index (κ2) is 13.2. The molecule has 2 atom stereocenters. The third-order valence-corrected chi connectivity index (χ3v) is 7.33. The van der Waals surface area contributed by atoms with Gasteiger partial charge in [-0.15, -0.1) is 0 Å². The van der Waals surface area contributed by atoms with E-state index in [9.17, 15) is 9.59 Å². The van der Waals surface area contributed by atoms with E-state index >= 15 is 0 Å². The molecule has 39 heavy (non-hydrogen) atoms. The minimum Gasteiger partial charge on any atom is -0.355 e. The van der Waals surface area contributed by atoms with Gasteiger partial charge in [-0.2, -0.15) is 0 Å². The van der Waals surface area contributed by atoms with Gasteiger partial charge in [0.1, 0.15) is 0 Å². The standard InChI is InChI=1S/C33H36N4O2/c38-32-30(20-24-10-3-1-4-11-24)36-22-26-16-17-27(29-15-8-7-14-28(26)29)23-37-31(21-25-12-5-2-6-13-25)33(39)35-19-9-18-34-32/h1-8,10-17,30-31,36-37H,9,18-23H2,(H,34,38)(H,35,39)/t30-,31-/m0/s1. The van der Waals surface area contributed by atoms with Crippen molar-refractivity contribution in [3.05, 3.63) is 119 Å². The van der Waals surface area contributed by atoms with Crippen LogP contribution in [-0.2, 0) is 35.5 Å². The molecule has 0 aromatic heterocycles. The SMILES string of the molecule is O=C1NCCCNC(=O)[C@H](Cc2ccccc2)NCc2ccc(c3ccccc23)CN[C@H]1Cc1ccccc1. The normalized spacial score (nSPS) is 19.3. The van der Waals surface area contributed by atoms with Gasteiger partial charge in [0.15, 0.2) is 0 Å². The first-order valence-corrected chi connectivity index (χ1v) is 13.8. The van der Waals surface area contributed by atoms with E-state index in [1.54, 1.807) is 0 Å².